The molecule has 0 aromatic rings. The van der Waals surface area contributed by atoms with Gasteiger partial charge in [-0.1, -0.05) is 64.2 Å². The molecule has 2 N–H and O–H groups in total. The molecule has 1 saturated carbocycles. The quantitative estimate of drug-likeness (QED) is 0.110. The molecule has 0 radical (unpaired) electrons. The van der Waals surface area contributed by atoms with E-state index in [1.54, 1.807) is 41.1 Å². The van der Waals surface area contributed by atoms with Crippen LogP contribution in [-0.4, -0.2) is 141 Å². The zero-order valence-electron chi connectivity index (χ0n) is 42.7. The zero-order valence-corrected chi connectivity index (χ0v) is 43.6. The van der Waals surface area contributed by atoms with E-state index in [4.69, 9.17) is 32.7 Å². The van der Waals surface area contributed by atoms with E-state index in [2.05, 4.69) is 0 Å². The predicted molar refractivity (Wildman–Crippen MR) is 258 cm³/mol. The standard InChI is InChI=1S/C52H80NO15P/c1-30-16-13-12-14-17-31(2)42(62-7)28-37-21-19-35(6)52(60,67-37)49(57)50(58)53-23-15-18-38-39(26-36-20-22-41(44(27-36)63-8)68-69(11,61)65-10)43(66-51(59)45(38)53)29-40(54)32(3)25-34(5)47(56)48(64-9)46(55)33(4)24-30/h12-14,16-17,25,30,32-33,35-39,41-45,47-48,56,60H,15,18-24,26-29H2,1-11H3/b14-12+,16-13+,31-17+,34-25+/t30-,32?,33-,35-,36+,37+,38-,39?,41-,42+,43+,44-,45+,47-,48+,52-,69?/m1/s1. The summed E-state index contributed by atoms with van der Waals surface area (Å²) in [6.07, 6.45) is 10.4. The number of amides is 1. The van der Waals surface area contributed by atoms with Crippen LogP contribution in [0.4, 0.5) is 0 Å². The van der Waals surface area contributed by atoms with Gasteiger partial charge in [-0.2, -0.15) is 0 Å². The normalized spacial score (nSPS) is 41.8. The molecule has 4 bridgehead atoms. The average molecular weight is 990 g/mol. The van der Waals surface area contributed by atoms with Gasteiger partial charge in [-0.05, 0) is 101 Å². The van der Waals surface area contributed by atoms with E-state index in [-0.39, 0.29) is 36.4 Å². The van der Waals surface area contributed by atoms with Gasteiger partial charge in [0, 0.05) is 78.2 Å². The van der Waals surface area contributed by atoms with Crippen molar-refractivity contribution in [2.24, 2.45) is 41.4 Å². The molecule has 17 heteroatoms. The highest BCUT2D eigenvalue weighted by molar-refractivity contribution is 7.52. The Bertz CT molecular complexity index is 2000. The maximum Gasteiger partial charge on any atom is 0.329 e. The summed E-state index contributed by atoms with van der Waals surface area (Å²) in [6.45, 7) is 12.2. The smallest absolute Gasteiger partial charge is 0.329 e. The van der Waals surface area contributed by atoms with Crippen molar-refractivity contribution in [3.63, 3.8) is 0 Å². The second kappa shape index (κ2) is 25.0. The van der Waals surface area contributed by atoms with Crippen molar-refractivity contribution >= 4 is 36.8 Å². The largest absolute Gasteiger partial charge is 0.460 e. The number of esters is 1. The van der Waals surface area contributed by atoms with Crippen molar-refractivity contribution in [3.8, 4) is 0 Å². The van der Waals surface area contributed by atoms with Gasteiger partial charge >= 0.3 is 13.6 Å². The lowest BCUT2D eigenvalue weighted by molar-refractivity contribution is -0.266. The van der Waals surface area contributed by atoms with E-state index >= 15 is 0 Å². The molecule has 1 aliphatic carbocycles. The molecule has 1 amide bonds. The Balaban J connectivity index is 1.51. The van der Waals surface area contributed by atoms with Crippen molar-refractivity contribution in [2.45, 2.75) is 167 Å². The number of nitrogens with zero attached hydrogens (tertiary/aromatic N) is 1. The number of piperidine rings is 1. The summed E-state index contributed by atoms with van der Waals surface area (Å²) >= 11 is 0. The van der Waals surface area contributed by atoms with Crippen molar-refractivity contribution in [1.82, 2.24) is 4.90 Å². The van der Waals surface area contributed by atoms with Gasteiger partial charge in [-0.3, -0.25) is 23.7 Å². The van der Waals surface area contributed by atoms with E-state index in [1.807, 2.05) is 51.2 Å². The Morgan fingerprint density at radius 1 is 0.855 bits per heavy atom. The van der Waals surface area contributed by atoms with Gasteiger partial charge in [0.15, 0.2) is 5.78 Å². The third-order valence-corrected chi connectivity index (χ3v) is 16.9. The van der Waals surface area contributed by atoms with Crippen LogP contribution in [0.5, 0.6) is 0 Å². The van der Waals surface area contributed by atoms with Gasteiger partial charge in [0.05, 0.1) is 24.4 Å². The van der Waals surface area contributed by atoms with Gasteiger partial charge in [-0.25, -0.2) is 4.79 Å². The number of ether oxygens (including phenoxy) is 5. The summed E-state index contributed by atoms with van der Waals surface area (Å²) in [4.78, 5) is 72.6. The summed E-state index contributed by atoms with van der Waals surface area (Å²) in [7, 11) is 2.51. The first-order valence-electron chi connectivity index (χ1n) is 24.9. The maximum atomic E-state index is 14.6. The molecular weight excluding hydrogens is 910 g/mol. The van der Waals surface area contributed by atoms with Crippen LogP contribution in [0.2, 0.25) is 0 Å². The zero-order chi connectivity index (χ0) is 51.0. The van der Waals surface area contributed by atoms with Gasteiger partial charge in [0.25, 0.3) is 11.7 Å². The Hall–Kier alpha value is -3.18. The second-order valence-corrected chi connectivity index (χ2v) is 22.7. The fraction of sp³-hybridized carbons (Fsp3) is 0.750. The van der Waals surface area contributed by atoms with Crippen LogP contribution < -0.4 is 0 Å². The lowest BCUT2D eigenvalue weighted by Crippen LogP contribution is -2.65. The van der Waals surface area contributed by atoms with Crippen LogP contribution in [0, 0.1) is 41.4 Å². The molecule has 17 atom stereocenters. The molecule has 69 heavy (non-hydrogen) atoms. The molecule has 16 nitrogen and oxygen atoms in total. The first kappa shape index (κ1) is 56.7. The third kappa shape index (κ3) is 13.9. The van der Waals surface area contributed by atoms with E-state index in [9.17, 15) is 38.8 Å². The molecule has 0 aromatic carbocycles. The number of aliphatic hydroxyl groups is 2. The lowest BCUT2D eigenvalue weighted by Gasteiger charge is -2.50. The molecule has 0 spiro atoms. The Kier molecular flexibility index (Phi) is 20.5. The van der Waals surface area contributed by atoms with Gasteiger partial charge in [0.2, 0.25) is 5.79 Å². The van der Waals surface area contributed by atoms with Crippen LogP contribution in [0.25, 0.3) is 0 Å². The van der Waals surface area contributed by atoms with E-state index in [0.717, 1.165) is 5.57 Å². The topological polar surface area (TPSA) is 211 Å². The predicted octanol–water partition coefficient (Wildman–Crippen LogP) is 6.89. The number of rotatable bonds is 8. The Labute approximate surface area is 409 Å². The molecule has 3 unspecified atom stereocenters. The molecule has 4 aliphatic heterocycles. The third-order valence-electron chi connectivity index (χ3n) is 15.5. The highest BCUT2D eigenvalue weighted by Gasteiger charge is 2.57. The van der Waals surface area contributed by atoms with Crippen LogP contribution in [-0.2, 0) is 61.3 Å². The minimum atomic E-state index is -3.33. The maximum absolute atomic E-state index is 14.6. The average Bonchev–Trinajstić information content (AvgIpc) is 3.32. The van der Waals surface area contributed by atoms with Crippen molar-refractivity contribution in [1.29, 1.82) is 0 Å². The summed E-state index contributed by atoms with van der Waals surface area (Å²) in [5.74, 6) is -8.79. The van der Waals surface area contributed by atoms with Crippen LogP contribution in [0.3, 0.4) is 0 Å². The van der Waals surface area contributed by atoms with E-state index < -0.39 is 109 Å². The number of hydrogen-bond donors (Lipinski definition) is 2. The first-order valence-corrected chi connectivity index (χ1v) is 26.9. The lowest BCUT2D eigenvalue weighted by atomic mass is 9.68. The number of methoxy groups -OCH3 is 3. The molecule has 5 rings (SSSR count). The number of Topliss-reactive ketones (excluding diaryl/α,β-unsaturated/α-hetero) is 3. The summed E-state index contributed by atoms with van der Waals surface area (Å²) in [5, 5.41) is 23.6. The van der Waals surface area contributed by atoms with Crippen LogP contribution in [0.15, 0.2) is 47.6 Å². The second-order valence-electron chi connectivity index (χ2n) is 20.5. The van der Waals surface area contributed by atoms with Crippen LogP contribution in [0.1, 0.15) is 112 Å². The molecule has 3 saturated heterocycles. The monoisotopic (exact) mass is 990 g/mol. The number of carbonyl (C=O) groups is 5. The highest BCUT2D eigenvalue weighted by Crippen LogP contribution is 2.49. The Morgan fingerprint density at radius 2 is 1.58 bits per heavy atom. The van der Waals surface area contributed by atoms with Gasteiger partial charge in [-0.15, -0.1) is 0 Å². The highest BCUT2D eigenvalue weighted by atomic mass is 31.2. The summed E-state index contributed by atoms with van der Waals surface area (Å²) in [5.41, 5.74) is 1.25. The number of fused-ring (bicyclic) bond motifs is 4. The van der Waals surface area contributed by atoms with Crippen molar-refractivity contribution in [3.05, 3.63) is 47.6 Å². The number of allylic oxidation sites excluding steroid dienone is 6. The van der Waals surface area contributed by atoms with Gasteiger partial charge in [0.1, 0.15) is 30.1 Å². The SMILES string of the molecule is CO[C@H]1C[C@@H]2CC[C@@H](C)[C@@](O)(O2)C(=O)C(=O)N2CCC[C@@H]3C(C[C@@H]4CC[C@@H](OP(C)(=O)OC)[C@H](OC)C4)[C@H](CC(=O)C(C)/C=C(\C)[C@@H](O)[C@@H](OC)C(=O)[C@H](C)C[C@H](C)/C=C/C=C/C=C/1C)OC(=O)[C@H]32. The number of ketones is 3. The van der Waals surface area contributed by atoms with E-state index in [0.29, 0.717) is 69.8 Å². The minimum Gasteiger partial charge on any atom is -0.460 e. The first-order chi connectivity index (χ1) is 32.6. The number of carbonyl (C=O) groups excluding carboxylic acids is 5. The molecule has 388 valence electrons. The Morgan fingerprint density at radius 3 is 2.25 bits per heavy atom. The minimum absolute atomic E-state index is 0.0107. The molecule has 4 heterocycles. The van der Waals surface area contributed by atoms with Crippen LogP contribution >= 0.6 is 7.60 Å². The fourth-order valence-corrected chi connectivity index (χ4v) is 12.1. The molecular formula is C52H80NO15P. The fourth-order valence-electron chi connectivity index (χ4n) is 11.3. The van der Waals surface area contributed by atoms with Crippen molar-refractivity contribution in [2.75, 3.05) is 41.6 Å². The van der Waals surface area contributed by atoms with E-state index in [1.165, 1.54) is 25.8 Å². The molecule has 4 fully saturated rings. The number of aliphatic hydroxyl groups excluding tert-OH is 1. The van der Waals surface area contributed by atoms with Gasteiger partial charge < -0.3 is 47.8 Å². The molecule has 0 aromatic heterocycles. The summed E-state index contributed by atoms with van der Waals surface area (Å²) in [6, 6.07) is -1.16. The van der Waals surface area contributed by atoms with Crippen molar-refractivity contribution < 1.29 is 71.5 Å². The molecule has 5 aliphatic rings. The number of hydrogen-bond acceptors (Lipinski definition) is 15. The summed E-state index contributed by atoms with van der Waals surface area (Å²) < 4.78 is 53.6.